The van der Waals surface area contributed by atoms with Crippen LogP contribution in [-0.4, -0.2) is 42.7 Å². The zero-order chi connectivity index (χ0) is 13.1. The van der Waals surface area contributed by atoms with Gasteiger partial charge in [0.05, 0.1) is 13.2 Å². The van der Waals surface area contributed by atoms with Crippen molar-refractivity contribution in [2.24, 2.45) is 0 Å². The van der Waals surface area contributed by atoms with Crippen LogP contribution < -0.4 is 4.90 Å². The SMILES string of the molecule is CC(=O)c1cccc(N2CCOC(C(=O)O)C2)c1. The standard InChI is InChI=1S/C13H15NO4/c1-9(15)10-3-2-4-11(7-10)14-5-6-18-12(8-14)13(16)17/h2-4,7,12H,5-6,8H2,1H3,(H,16,17). The Kier molecular flexibility index (Phi) is 3.62. The number of carbonyl (C=O) groups is 2. The lowest BCUT2D eigenvalue weighted by Crippen LogP contribution is -2.46. The van der Waals surface area contributed by atoms with Gasteiger partial charge in [-0.1, -0.05) is 12.1 Å². The highest BCUT2D eigenvalue weighted by molar-refractivity contribution is 5.95. The maximum Gasteiger partial charge on any atom is 0.334 e. The number of ketones is 1. The van der Waals surface area contributed by atoms with E-state index >= 15 is 0 Å². The highest BCUT2D eigenvalue weighted by Crippen LogP contribution is 2.19. The summed E-state index contributed by atoms with van der Waals surface area (Å²) in [5.41, 5.74) is 1.49. The smallest absolute Gasteiger partial charge is 0.334 e. The number of benzene rings is 1. The van der Waals surface area contributed by atoms with Crippen molar-refractivity contribution in [2.75, 3.05) is 24.6 Å². The Morgan fingerprint density at radius 3 is 2.89 bits per heavy atom. The van der Waals surface area contributed by atoms with Crippen LogP contribution in [0.2, 0.25) is 0 Å². The first-order valence-electron chi connectivity index (χ1n) is 5.78. The summed E-state index contributed by atoms with van der Waals surface area (Å²) in [5.74, 6) is -0.956. The lowest BCUT2D eigenvalue weighted by molar-refractivity contribution is -0.150. The number of anilines is 1. The maximum absolute atomic E-state index is 11.3. The molecule has 1 atom stereocenters. The summed E-state index contributed by atoms with van der Waals surface area (Å²) in [5, 5.41) is 8.94. The molecule has 1 saturated heterocycles. The molecule has 0 radical (unpaired) electrons. The summed E-state index contributed by atoms with van der Waals surface area (Å²) < 4.78 is 5.16. The topological polar surface area (TPSA) is 66.8 Å². The van der Waals surface area contributed by atoms with E-state index in [1.807, 2.05) is 11.0 Å². The molecule has 1 aliphatic heterocycles. The molecule has 5 heteroatoms. The van der Waals surface area contributed by atoms with E-state index < -0.39 is 12.1 Å². The summed E-state index contributed by atoms with van der Waals surface area (Å²) in [6.07, 6.45) is -0.806. The van der Waals surface area contributed by atoms with Crippen molar-refractivity contribution in [2.45, 2.75) is 13.0 Å². The molecule has 1 fully saturated rings. The minimum Gasteiger partial charge on any atom is -0.479 e. The highest BCUT2D eigenvalue weighted by Gasteiger charge is 2.26. The molecule has 18 heavy (non-hydrogen) atoms. The normalized spacial score (nSPS) is 19.6. The number of aliphatic carboxylic acids is 1. The number of carboxylic acid groups (broad SMARTS) is 1. The van der Waals surface area contributed by atoms with Crippen molar-refractivity contribution < 1.29 is 19.4 Å². The van der Waals surface area contributed by atoms with Gasteiger partial charge in [0, 0.05) is 17.8 Å². The van der Waals surface area contributed by atoms with Crippen molar-refractivity contribution in [3.8, 4) is 0 Å². The molecule has 0 aromatic heterocycles. The predicted molar refractivity (Wildman–Crippen MR) is 66.0 cm³/mol. The quantitative estimate of drug-likeness (QED) is 0.815. The fourth-order valence-electron chi connectivity index (χ4n) is 1.95. The molecular weight excluding hydrogens is 234 g/mol. The summed E-state index contributed by atoms with van der Waals surface area (Å²) in [6, 6.07) is 7.21. The molecule has 1 aromatic rings. The van der Waals surface area contributed by atoms with Crippen LogP contribution >= 0.6 is 0 Å². The van der Waals surface area contributed by atoms with Crippen LogP contribution in [-0.2, 0) is 9.53 Å². The molecule has 1 unspecified atom stereocenters. The molecule has 2 rings (SSSR count). The summed E-state index contributed by atoms with van der Waals surface area (Å²) in [6.45, 7) is 2.82. The lowest BCUT2D eigenvalue weighted by Gasteiger charge is -2.32. The zero-order valence-corrected chi connectivity index (χ0v) is 10.1. The van der Waals surface area contributed by atoms with Gasteiger partial charge in [0.25, 0.3) is 0 Å². The zero-order valence-electron chi connectivity index (χ0n) is 10.1. The van der Waals surface area contributed by atoms with E-state index in [0.29, 0.717) is 25.3 Å². The number of carboxylic acids is 1. The van der Waals surface area contributed by atoms with Crippen LogP contribution in [0.15, 0.2) is 24.3 Å². The number of ether oxygens (including phenoxy) is 1. The molecule has 1 heterocycles. The van der Waals surface area contributed by atoms with E-state index in [1.54, 1.807) is 18.2 Å². The average Bonchev–Trinajstić information content (AvgIpc) is 2.39. The third-order valence-electron chi connectivity index (χ3n) is 2.96. The third-order valence-corrected chi connectivity index (χ3v) is 2.96. The van der Waals surface area contributed by atoms with Crippen LogP contribution in [0.25, 0.3) is 0 Å². The highest BCUT2D eigenvalue weighted by atomic mass is 16.5. The molecule has 0 aliphatic carbocycles. The molecular formula is C13H15NO4. The largest absolute Gasteiger partial charge is 0.479 e. The fraction of sp³-hybridized carbons (Fsp3) is 0.385. The predicted octanol–water partition coefficient (Wildman–Crippen LogP) is 1.18. The first kappa shape index (κ1) is 12.6. The van der Waals surface area contributed by atoms with Gasteiger partial charge in [-0.15, -0.1) is 0 Å². The Morgan fingerprint density at radius 2 is 2.22 bits per heavy atom. The van der Waals surface area contributed by atoms with Gasteiger partial charge < -0.3 is 14.7 Å². The number of carbonyl (C=O) groups excluding carboxylic acids is 1. The van der Waals surface area contributed by atoms with Gasteiger partial charge in [0.2, 0.25) is 0 Å². The third kappa shape index (κ3) is 2.68. The monoisotopic (exact) mass is 249 g/mol. The molecule has 1 aliphatic rings. The number of nitrogens with zero attached hydrogens (tertiary/aromatic N) is 1. The molecule has 1 N–H and O–H groups in total. The summed E-state index contributed by atoms with van der Waals surface area (Å²) >= 11 is 0. The Labute approximate surface area is 105 Å². The van der Waals surface area contributed by atoms with E-state index in [9.17, 15) is 9.59 Å². The number of Topliss-reactive ketones (excluding diaryl/α,β-unsaturated/α-hetero) is 1. The Hall–Kier alpha value is -1.88. The number of hydrogen-bond acceptors (Lipinski definition) is 4. The number of rotatable bonds is 3. The molecule has 0 bridgehead atoms. The average molecular weight is 249 g/mol. The second kappa shape index (κ2) is 5.18. The van der Waals surface area contributed by atoms with Crippen LogP contribution in [0.5, 0.6) is 0 Å². The maximum atomic E-state index is 11.3. The molecule has 0 amide bonds. The van der Waals surface area contributed by atoms with Crippen LogP contribution in [0.1, 0.15) is 17.3 Å². The van der Waals surface area contributed by atoms with Gasteiger partial charge in [0.15, 0.2) is 11.9 Å². The van der Waals surface area contributed by atoms with Crippen molar-refractivity contribution in [3.05, 3.63) is 29.8 Å². The first-order valence-corrected chi connectivity index (χ1v) is 5.78. The van der Waals surface area contributed by atoms with Crippen molar-refractivity contribution >= 4 is 17.4 Å². The van der Waals surface area contributed by atoms with E-state index in [2.05, 4.69) is 0 Å². The second-order valence-electron chi connectivity index (χ2n) is 4.25. The van der Waals surface area contributed by atoms with E-state index in [1.165, 1.54) is 6.92 Å². The molecule has 96 valence electrons. The Bertz CT molecular complexity index is 472. The first-order chi connectivity index (χ1) is 8.58. The van der Waals surface area contributed by atoms with E-state index in [4.69, 9.17) is 9.84 Å². The summed E-state index contributed by atoms with van der Waals surface area (Å²) in [7, 11) is 0. The van der Waals surface area contributed by atoms with E-state index in [-0.39, 0.29) is 5.78 Å². The van der Waals surface area contributed by atoms with Gasteiger partial charge in [-0.3, -0.25) is 4.79 Å². The van der Waals surface area contributed by atoms with Gasteiger partial charge in [0.1, 0.15) is 0 Å². The summed E-state index contributed by atoms with van der Waals surface area (Å²) in [4.78, 5) is 24.1. The second-order valence-corrected chi connectivity index (χ2v) is 4.25. The van der Waals surface area contributed by atoms with Crippen molar-refractivity contribution in [1.82, 2.24) is 0 Å². The molecule has 1 aromatic carbocycles. The Balaban J connectivity index is 2.18. The minimum atomic E-state index is -0.956. The molecule has 5 nitrogen and oxygen atoms in total. The lowest BCUT2D eigenvalue weighted by atomic mass is 10.1. The molecule has 0 saturated carbocycles. The van der Waals surface area contributed by atoms with Gasteiger partial charge in [-0.25, -0.2) is 4.79 Å². The van der Waals surface area contributed by atoms with Crippen LogP contribution in [0.3, 0.4) is 0 Å². The van der Waals surface area contributed by atoms with Crippen LogP contribution in [0, 0.1) is 0 Å². The number of hydrogen-bond donors (Lipinski definition) is 1. The van der Waals surface area contributed by atoms with Crippen molar-refractivity contribution in [3.63, 3.8) is 0 Å². The van der Waals surface area contributed by atoms with Gasteiger partial charge in [-0.05, 0) is 19.1 Å². The van der Waals surface area contributed by atoms with Gasteiger partial charge >= 0.3 is 5.97 Å². The fourth-order valence-corrected chi connectivity index (χ4v) is 1.95. The minimum absolute atomic E-state index is 0.0000981. The number of morpholine rings is 1. The van der Waals surface area contributed by atoms with Crippen LogP contribution in [0.4, 0.5) is 5.69 Å². The van der Waals surface area contributed by atoms with Gasteiger partial charge in [-0.2, -0.15) is 0 Å². The van der Waals surface area contributed by atoms with Crippen molar-refractivity contribution in [1.29, 1.82) is 0 Å². The molecule has 0 spiro atoms. The Morgan fingerprint density at radius 1 is 1.44 bits per heavy atom. The van der Waals surface area contributed by atoms with E-state index in [0.717, 1.165) is 5.69 Å².